The van der Waals surface area contributed by atoms with Crippen LogP contribution in [0.4, 0.5) is 22.0 Å². The predicted octanol–water partition coefficient (Wildman–Crippen LogP) is 4.91. The number of urea groups is 1. The van der Waals surface area contributed by atoms with Crippen molar-refractivity contribution < 1.29 is 4.79 Å². The van der Waals surface area contributed by atoms with Gasteiger partial charge in [0, 0.05) is 49.2 Å². The van der Waals surface area contributed by atoms with Gasteiger partial charge >= 0.3 is 6.03 Å². The molecule has 2 aromatic heterocycles. The summed E-state index contributed by atoms with van der Waals surface area (Å²) in [6.45, 7) is 4.30. The maximum atomic E-state index is 12.3. The molecule has 3 N–H and O–H groups in total. The minimum Gasteiger partial charge on any atom is -0.363 e. The fraction of sp³-hybridized carbons (Fsp3) is 0.375. The van der Waals surface area contributed by atoms with Crippen molar-refractivity contribution in [2.45, 2.75) is 38.6 Å². The maximum Gasteiger partial charge on any atom is 0.317 e. The van der Waals surface area contributed by atoms with Crippen molar-refractivity contribution in [3.05, 3.63) is 53.2 Å². The molecule has 2 aliphatic heterocycles. The second-order valence-electron chi connectivity index (χ2n) is 8.31. The Kier molecular flexibility index (Phi) is 5.94. The Morgan fingerprint density at radius 1 is 1.31 bits per heavy atom. The number of amides is 2. The molecular formula is C24H28N6OS. The first-order chi connectivity index (χ1) is 15.7. The van der Waals surface area contributed by atoms with Crippen molar-refractivity contribution in [1.29, 1.82) is 0 Å². The Labute approximate surface area is 191 Å². The highest BCUT2D eigenvalue weighted by Crippen LogP contribution is 2.35. The van der Waals surface area contributed by atoms with Crippen molar-refractivity contribution in [3.8, 4) is 0 Å². The number of benzene rings is 1. The molecule has 8 heteroatoms. The van der Waals surface area contributed by atoms with E-state index >= 15 is 0 Å². The largest absolute Gasteiger partial charge is 0.363 e. The van der Waals surface area contributed by atoms with Gasteiger partial charge in [0.15, 0.2) is 0 Å². The third-order valence-corrected chi connectivity index (χ3v) is 6.96. The molecule has 0 bridgehead atoms. The highest BCUT2D eigenvalue weighted by atomic mass is 32.1. The summed E-state index contributed by atoms with van der Waals surface area (Å²) in [5.74, 6) is 0.944. The van der Waals surface area contributed by atoms with Crippen LogP contribution in [-0.4, -0.2) is 46.6 Å². The molecule has 3 aromatic rings. The third-order valence-electron chi connectivity index (χ3n) is 6.17. The van der Waals surface area contributed by atoms with Gasteiger partial charge in [-0.1, -0.05) is 19.4 Å². The van der Waals surface area contributed by atoms with E-state index in [-0.39, 0.29) is 12.1 Å². The van der Waals surface area contributed by atoms with Crippen LogP contribution in [0.3, 0.4) is 0 Å². The van der Waals surface area contributed by atoms with Crippen molar-refractivity contribution in [2.24, 2.45) is 0 Å². The number of pyridine rings is 1. The van der Waals surface area contributed by atoms with Crippen LogP contribution < -0.4 is 16.0 Å². The van der Waals surface area contributed by atoms with Crippen molar-refractivity contribution in [1.82, 2.24) is 20.2 Å². The SMILES string of the molecule is CCCCNC(=O)N1CC=C(C2Cc3c(Nc4ccc5ncsc5c4)ccnc3N2)CC1. The zero-order chi connectivity index (χ0) is 21.9. The molecule has 2 amide bonds. The number of fused-ring (bicyclic) bond motifs is 2. The summed E-state index contributed by atoms with van der Waals surface area (Å²) < 4.78 is 1.17. The number of nitrogens with zero attached hydrogens (tertiary/aromatic N) is 3. The molecule has 0 saturated carbocycles. The average molecular weight is 449 g/mol. The van der Waals surface area contributed by atoms with Gasteiger partial charge in [-0.2, -0.15) is 0 Å². The zero-order valence-electron chi connectivity index (χ0n) is 18.2. The zero-order valence-corrected chi connectivity index (χ0v) is 19.0. The van der Waals surface area contributed by atoms with Gasteiger partial charge < -0.3 is 20.9 Å². The number of anilines is 3. The van der Waals surface area contributed by atoms with Gasteiger partial charge in [0.2, 0.25) is 0 Å². The number of aromatic nitrogens is 2. The minimum absolute atomic E-state index is 0.0440. The lowest BCUT2D eigenvalue weighted by Gasteiger charge is -2.29. The number of hydrogen-bond acceptors (Lipinski definition) is 6. The van der Waals surface area contributed by atoms with Crippen molar-refractivity contribution in [2.75, 3.05) is 30.3 Å². The quantitative estimate of drug-likeness (QED) is 0.369. The van der Waals surface area contributed by atoms with E-state index in [0.29, 0.717) is 6.54 Å². The van der Waals surface area contributed by atoms with Gasteiger partial charge in [0.25, 0.3) is 0 Å². The van der Waals surface area contributed by atoms with Gasteiger partial charge in [0.1, 0.15) is 5.82 Å². The van der Waals surface area contributed by atoms with Crippen LogP contribution in [0.2, 0.25) is 0 Å². The summed E-state index contributed by atoms with van der Waals surface area (Å²) in [7, 11) is 0. The molecule has 1 unspecified atom stereocenters. The summed E-state index contributed by atoms with van der Waals surface area (Å²) in [6, 6.07) is 8.57. The van der Waals surface area contributed by atoms with E-state index in [1.165, 1.54) is 15.8 Å². The molecule has 32 heavy (non-hydrogen) atoms. The van der Waals surface area contributed by atoms with E-state index in [1.54, 1.807) is 11.3 Å². The molecule has 0 fully saturated rings. The van der Waals surface area contributed by atoms with Gasteiger partial charge in [-0.25, -0.2) is 14.8 Å². The summed E-state index contributed by atoms with van der Waals surface area (Å²) in [6.07, 6.45) is 7.94. The van der Waals surface area contributed by atoms with Crippen LogP contribution in [0.1, 0.15) is 31.7 Å². The second kappa shape index (κ2) is 9.16. The number of carbonyl (C=O) groups excluding carboxylic acids is 1. The summed E-state index contributed by atoms with van der Waals surface area (Å²) >= 11 is 1.65. The molecule has 0 radical (unpaired) electrons. The van der Waals surface area contributed by atoms with Crippen LogP contribution in [0, 0.1) is 0 Å². The van der Waals surface area contributed by atoms with Crippen molar-refractivity contribution >= 4 is 44.8 Å². The molecule has 1 aromatic carbocycles. The molecule has 5 rings (SSSR count). The standard InChI is InChI=1S/C24H28N6OS/c1-2-3-9-26-24(31)30-11-7-16(8-12-30)21-14-18-19(6-10-25-23(18)29-21)28-17-4-5-20-22(13-17)32-15-27-20/h4-7,10,13,15,21H,2-3,8-9,11-12,14H2,1H3,(H,26,31)(H2,25,28,29). The Bertz CT molecular complexity index is 1160. The summed E-state index contributed by atoms with van der Waals surface area (Å²) in [5, 5.41) is 10.2. The first-order valence-electron chi connectivity index (χ1n) is 11.3. The van der Waals surface area contributed by atoms with Crippen LogP contribution in [0.15, 0.2) is 47.6 Å². The summed E-state index contributed by atoms with van der Waals surface area (Å²) in [4.78, 5) is 23.1. The lowest BCUT2D eigenvalue weighted by Crippen LogP contribution is -2.43. The van der Waals surface area contributed by atoms with Gasteiger partial charge in [-0.3, -0.25) is 0 Å². The van der Waals surface area contributed by atoms with Gasteiger partial charge in [0.05, 0.1) is 21.8 Å². The molecular weight excluding hydrogens is 420 g/mol. The fourth-order valence-corrected chi connectivity index (χ4v) is 5.06. The molecule has 166 valence electrons. The number of rotatable bonds is 6. The first-order valence-corrected chi connectivity index (χ1v) is 12.2. The predicted molar refractivity (Wildman–Crippen MR) is 131 cm³/mol. The highest BCUT2D eigenvalue weighted by molar-refractivity contribution is 7.16. The molecule has 2 aliphatic rings. The number of carbonyl (C=O) groups is 1. The second-order valence-corrected chi connectivity index (χ2v) is 9.19. The fourth-order valence-electron chi connectivity index (χ4n) is 4.34. The van der Waals surface area contributed by atoms with E-state index in [4.69, 9.17) is 0 Å². The lowest BCUT2D eigenvalue weighted by atomic mass is 9.97. The van der Waals surface area contributed by atoms with Crippen LogP contribution in [0.5, 0.6) is 0 Å². The van der Waals surface area contributed by atoms with Crippen LogP contribution in [0.25, 0.3) is 10.2 Å². The lowest BCUT2D eigenvalue weighted by molar-refractivity contribution is 0.201. The molecule has 7 nitrogen and oxygen atoms in total. The summed E-state index contributed by atoms with van der Waals surface area (Å²) in [5.41, 5.74) is 7.61. The highest BCUT2D eigenvalue weighted by Gasteiger charge is 2.29. The average Bonchev–Trinajstić information content (AvgIpc) is 3.46. The Balaban J connectivity index is 1.25. The Morgan fingerprint density at radius 3 is 3.09 bits per heavy atom. The van der Waals surface area contributed by atoms with E-state index < -0.39 is 0 Å². The molecule has 1 atom stereocenters. The number of thiazole rings is 1. The number of nitrogens with one attached hydrogen (secondary N) is 3. The Hall–Kier alpha value is -3.13. The minimum atomic E-state index is 0.0440. The number of hydrogen-bond donors (Lipinski definition) is 3. The van der Waals surface area contributed by atoms with E-state index in [0.717, 1.165) is 61.5 Å². The maximum absolute atomic E-state index is 12.3. The van der Waals surface area contributed by atoms with E-state index in [2.05, 4.69) is 51.1 Å². The van der Waals surface area contributed by atoms with Gasteiger partial charge in [-0.15, -0.1) is 11.3 Å². The van der Waals surface area contributed by atoms with Crippen LogP contribution >= 0.6 is 11.3 Å². The molecule has 0 aliphatic carbocycles. The monoisotopic (exact) mass is 448 g/mol. The first kappa shape index (κ1) is 20.8. The Morgan fingerprint density at radius 2 is 2.25 bits per heavy atom. The third kappa shape index (κ3) is 4.27. The smallest absolute Gasteiger partial charge is 0.317 e. The topological polar surface area (TPSA) is 82.2 Å². The van der Waals surface area contributed by atoms with Crippen LogP contribution in [-0.2, 0) is 6.42 Å². The van der Waals surface area contributed by atoms with Crippen molar-refractivity contribution in [3.63, 3.8) is 0 Å². The van der Waals surface area contributed by atoms with Gasteiger partial charge in [-0.05, 0) is 42.7 Å². The molecule has 0 saturated heterocycles. The normalized spacial score (nSPS) is 17.6. The molecule has 4 heterocycles. The molecule has 0 spiro atoms. The van der Waals surface area contributed by atoms with E-state index in [1.807, 2.05) is 28.7 Å². The van der Waals surface area contributed by atoms with E-state index in [9.17, 15) is 4.79 Å². The number of unbranched alkanes of at least 4 members (excludes halogenated alkanes) is 1.